The van der Waals surface area contributed by atoms with Crippen molar-refractivity contribution in [1.82, 2.24) is 0 Å². The molecule has 0 aliphatic carbocycles. The Hall–Kier alpha value is -6.58. The predicted octanol–water partition coefficient (Wildman–Crippen LogP) is 13.2. The first kappa shape index (κ1) is 28.6. The molecule has 8 aromatic carbocycles. The van der Waals surface area contributed by atoms with E-state index in [9.17, 15) is 0 Å². The van der Waals surface area contributed by atoms with Gasteiger partial charge in [0, 0.05) is 39.8 Å². The minimum Gasteiger partial charge on any atom is -0.454 e. The Morgan fingerprint density at radius 3 is 1.49 bits per heavy atom. The van der Waals surface area contributed by atoms with Gasteiger partial charge in [-0.05, 0) is 82.7 Å². The first-order valence-electron chi connectivity index (χ1n) is 16.6. The summed E-state index contributed by atoms with van der Waals surface area (Å²) >= 11 is 0. The van der Waals surface area contributed by atoms with Crippen LogP contribution in [0, 0.1) is 0 Å². The molecule has 0 bridgehead atoms. The van der Waals surface area contributed by atoms with E-state index in [2.05, 4.69) is 204 Å². The minimum absolute atomic E-state index is 0.839. The summed E-state index contributed by atoms with van der Waals surface area (Å²) in [7, 11) is 0. The average molecular weight is 629 g/mol. The molecular weight excluding hydrogens is 597 g/mol. The van der Waals surface area contributed by atoms with Gasteiger partial charge in [0.2, 0.25) is 0 Å². The number of fused-ring (bicyclic) bond motifs is 2. The lowest BCUT2D eigenvalue weighted by Gasteiger charge is -2.31. The van der Waals surface area contributed by atoms with Gasteiger partial charge in [0.1, 0.15) is 5.75 Å². The summed E-state index contributed by atoms with van der Waals surface area (Å²) < 4.78 is 7.08. The largest absolute Gasteiger partial charge is 0.454 e. The van der Waals surface area contributed by atoms with Gasteiger partial charge in [-0.15, -0.1) is 0 Å². The second-order valence-electron chi connectivity index (χ2n) is 12.2. The lowest BCUT2D eigenvalue weighted by atomic mass is 9.93. The number of hydrogen-bond acceptors (Lipinski definition) is 3. The summed E-state index contributed by atoms with van der Waals surface area (Å²) in [5, 5.41) is 2.25. The Labute approximate surface area is 286 Å². The van der Waals surface area contributed by atoms with E-state index in [0.29, 0.717) is 0 Å². The third-order valence-corrected chi connectivity index (χ3v) is 9.20. The Kier molecular flexibility index (Phi) is 7.14. The lowest BCUT2D eigenvalue weighted by Crippen LogP contribution is -2.13. The maximum Gasteiger partial charge on any atom is 0.159 e. The second kappa shape index (κ2) is 12.2. The molecule has 0 unspecified atom stereocenters. The van der Waals surface area contributed by atoms with Crippen molar-refractivity contribution in [1.29, 1.82) is 0 Å². The van der Waals surface area contributed by atoms with Crippen LogP contribution in [0.15, 0.2) is 194 Å². The third kappa shape index (κ3) is 5.18. The van der Waals surface area contributed by atoms with Crippen molar-refractivity contribution >= 4 is 44.9 Å². The molecule has 0 fully saturated rings. The molecule has 0 spiro atoms. The molecule has 0 N–H and O–H groups in total. The van der Waals surface area contributed by atoms with Crippen LogP contribution >= 0.6 is 0 Å². The normalized spacial score (nSPS) is 11.4. The summed E-state index contributed by atoms with van der Waals surface area (Å²) in [6.07, 6.45) is 0. The maximum atomic E-state index is 7.08. The zero-order chi connectivity index (χ0) is 32.6. The highest BCUT2D eigenvalue weighted by molar-refractivity contribution is 6.07. The van der Waals surface area contributed by atoms with Crippen molar-refractivity contribution < 1.29 is 4.74 Å². The quantitative estimate of drug-likeness (QED) is 0.175. The van der Waals surface area contributed by atoms with Gasteiger partial charge in [-0.2, -0.15) is 0 Å². The fourth-order valence-electron chi connectivity index (χ4n) is 6.98. The van der Waals surface area contributed by atoms with Gasteiger partial charge in [-0.1, -0.05) is 127 Å². The first-order chi connectivity index (χ1) is 24.3. The highest BCUT2D eigenvalue weighted by Crippen LogP contribution is 2.54. The van der Waals surface area contributed by atoms with Crippen molar-refractivity contribution in [2.24, 2.45) is 0 Å². The van der Waals surface area contributed by atoms with Crippen LogP contribution in [0.4, 0.5) is 34.1 Å². The molecule has 1 aliphatic rings. The summed E-state index contributed by atoms with van der Waals surface area (Å²) in [6, 6.07) is 68.3. The van der Waals surface area contributed by atoms with Crippen molar-refractivity contribution in [3.63, 3.8) is 0 Å². The van der Waals surface area contributed by atoms with Crippen molar-refractivity contribution in [3.8, 4) is 33.8 Å². The molecule has 49 heavy (non-hydrogen) atoms. The SMILES string of the molecule is c1ccc(-c2ccc(N(c3ccccc3)c3cc4c5c(cccc5c3)-c3cccc(N(c5ccccc5)c5ccccc5)c3O4)cc2)cc1. The number of rotatable bonds is 7. The molecule has 0 saturated carbocycles. The van der Waals surface area contributed by atoms with Crippen LogP contribution < -0.4 is 14.5 Å². The van der Waals surface area contributed by atoms with Crippen LogP contribution in [0.25, 0.3) is 33.0 Å². The van der Waals surface area contributed by atoms with E-state index in [1.807, 2.05) is 0 Å². The molecule has 9 rings (SSSR count). The Morgan fingerprint density at radius 2 is 0.857 bits per heavy atom. The van der Waals surface area contributed by atoms with Crippen LogP contribution in [-0.4, -0.2) is 0 Å². The van der Waals surface area contributed by atoms with E-state index in [4.69, 9.17) is 4.74 Å². The van der Waals surface area contributed by atoms with Gasteiger partial charge in [0.25, 0.3) is 0 Å². The van der Waals surface area contributed by atoms with Crippen LogP contribution in [0.5, 0.6) is 11.5 Å². The molecule has 0 atom stereocenters. The molecule has 8 aromatic rings. The minimum atomic E-state index is 0.839. The molecule has 232 valence electrons. The predicted molar refractivity (Wildman–Crippen MR) is 204 cm³/mol. The van der Waals surface area contributed by atoms with Crippen LogP contribution in [0.3, 0.4) is 0 Å². The van der Waals surface area contributed by atoms with Crippen LogP contribution in [-0.2, 0) is 0 Å². The maximum absolute atomic E-state index is 7.08. The zero-order valence-electron chi connectivity index (χ0n) is 26.8. The number of hydrogen-bond donors (Lipinski definition) is 0. The summed E-state index contributed by atoms with van der Waals surface area (Å²) in [4.78, 5) is 4.58. The van der Waals surface area contributed by atoms with Gasteiger partial charge in [0.15, 0.2) is 5.75 Å². The van der Waals surface area contributed by atoms with Gasteiger partial charge in [-0.3, -0.25) is 0 Å². The highest BCUT2D eigenvalue weighted by atomic mass is 16.5. The summed E-state index contributed by atoms with van der Waals surface area (Å²) in [5.41, 5.74) is 10.9. The zero-order valence-corrected chi connectivity index (χ0v) is 26.8. The molecule has 0 aromatic heterocycles. The third-order valence-electron chi connectivity index (χ3n) is 9.20. The van der Waals surface area contributed by atoms with E-state index >= 15 is 0 Å². The topological polar surface area (TPSA) is 15.7 Å². The molecular formula is C46H32N2O. The average Bonchev–Trinajstić information content (AvgIpc) is 3.17. The number of para-hydroxylation sites is 4. The fourth-order valence-corrected chi connectivity index (χ4v) is 6.98. The molecule has 3 heteroatoms. The van der Waals surface area contributed by atoms with E-state index in [1.165, 1.54) is 16.7 Å². The molecule has 0 radical (unpaired) electrons. The number of anilines is 6. The Bertz CT molecular complexity index is 2350. The van der Waals surface area contributed by atoms with E-state index in [-0.39, 0.29) is 0 Å². The van der Waals surface area contributed by atoms with E-state index < -0.39 is 0 Å². The molecule has 1 aliphatic heterocycles. The van der Waals surface area contributed by atoms with Gasteiger partial charge >= 0.3 is 0 Å². The second-order valence-corrected chi connectivity index (χ2v) is 12.2. The van der Waals surface area contributed by atoms with E-state index in [1.54, 1.807) is 0 Å². The Balaban J connectivity index is 1.20. The summed E-state index contributed by atoms with van der Waals surface area (Å²) in [6.45, 7) is 0. The van der Waals surface area contributed by atoms with Crippen molar-refractivity contribution in [2.75, 3.05) is 9.80 Å². The van der Waals surface area contributed by atoms with Crippen LogP contribution in [0.1, 0.15) is 0 Å². The Morgan fingerprint density at radius 1 is 0.347 bits per heavy atom. The monoisotopic (exact) mass is 628 g/mol. The van der Waals surface area contributed by atoms with Gasteiger partial charge < -0.3 is 14.5 Å². The smallest absolute Gasteiger partial charge is 0.159 e. The standard InChI is InChI=1S/C46H32N2O/c1-5-15-33(16-6-1)34-27-29-39(30-28-34)47(36-18-7-2-8-19-36)40-31-35-17-13-24-41-42-25-14-26-43(46(42)49-44(32-40)45(35)41)48(37-20-9-3-10-21-37)38-22-11-4-12-23-38/h1-32H. The number of benzene rings is 8. The number of nitrogens with zero attached hydrogens (tertiary/aromatic N) is 2. The number of ether oxygens (including phenoxy) is 1. The molecule has 0 amide bonds. The van der Waals surface area contributed by atoms with E-state index in [0.717, 1.165) is 62.0 Å². The van der Waals surface area contributed by atoms with Crippen LogP contribution in [0.2, 0.25) is 0 Å². The fraction of sp³-hybridized carbons (Fsp3) is 0. The molecule has 0 saturated heterocycles. The van der Waals surface area contributed by atoms with Crippen molar-refractivity contribution in [3.05, 3.63) is 194 Å². The first-order valence-corrected chi connectivity index (χ1v) is 16.6. The van der Waals surface area contributed by atoms with Gasteiger partial charge in [-0.25, -0.2) is 0 Å². The molecule has 3 nitrogen and oxygen atoms in total. The van der Waals surface area contributed by atoms with Crippen molar-refractivity contribution in [2.45, 2.75) is 0 Å². The van der Waals surface area contributed by atoms with Gasteiger partial charge in [0.05, 0.1) is 11.4 Å². The molecule has 1 heterocycles. The highest BCUT2D eigenvalue weighted by Gasteiger charge is 2.27. The lowest BCUT2D eigenvalue weighted by molar-refractivity contribution is 0.488. The summed E-state index contributed by atoms with van der Waals surface area (Å²) in [5.74, 6) is 1.68.